The summed E-state index contributed by atoms with van der Waals surface area (Å²) in [6, 6.07) is 7.65. The molecule has 0 heterocycles. The van der Waals surface area contributed by atoms with Gasteiger partial charge in [-0.2, -0.15) is 0 Å². The number of rotatable bonds is 3. The van der Waals surface area contributed by atoms with Crippen molar-refractivity contribution in [2.24, 2.45) is 0 Å². The van der Waals surface area contributed by atoms with Gasteiger partial charge in [0.2, 0.25) is 0 Å². The van der Waals surface area contributed by atoms with Crippen LogP contribution in [0.2, 0.25) is 0 Å². The Morgan fingerprint density at radius 3 is 2.15 bits per heavy atom. The minimum absolute atomic E-state index is 0.231. The molecule has 0 saturated carbocycles. The smallest absolute Gasteiger partial charge is 0.304 e. The third-order valence-electron chi connectivity index (χ3n) is 1.33. The van der Waals surface area contributed by atoms with Crippen LogP contribution in [-0.2, 0) is 8.37 Å². The standard InChI is InChI=1S/C8H7BrO2S2/c9-7-3-1-6(2-4-7)5-8(10-12)11-13/h1-5,12-13H. The summed E-state index contributed by atoms with van der Waals surface area (Å²) in [4.78, 5) is 0. The molecule has 0 aliphatic rings. The predicted octanol–water partition coefficient (Wildman–Crippen LogP) is 3.47. The third-order valence-corrected chi connectivity index (χ3v) is 2.22. The van der Waals surface area contributed by atoms with Gasteiger partial charge in [0.25, 0.3) is 0 Å². The molecule has 0 saturated heterocycles. The van der Waals surface area contributed by atoms with Crippen molar-refractivity contribution in [3.8, 4) is 0 Å². The van der Waals surface area contributed by atoms with E-state index in [1.165, 1.54) is 0 Å². The molecule has 0 unspecified atom stereocenters. The van der Waals surface area contributed by atoms with E-state index >= 15 is 0 Å². The van der Waals surface area contributed by atoms with Crippen LogP contribution in [-0.4, -0.2) is 0 Å². The Balaban J connectivity index is 2.84. The van der Waals surface area contributed by atoms with Crippen LogP contribution >= 0.6 is 41.7 Å². The molecule has 1 rings (SSSR count). The van der Waals surface area contributed by atoms with Gasteiger partial charge in [0.1, 0.15) is 0 Å². The monoisotopic (exact) mass is 278 g/mol. The second-order valence-electron chi connectivity index (χ2n) is 2.20. The molecule has 0 radical (unpaired) electrons. The minimum Gasteiger partial charge on any atom is -0.394 e. The summed E-state index contributed by atoms with van der Waals surface area (Å²) in [5, 5.41) is 0. The van der Waals surface area contributed by atoms with Gasteiger partial charge in [-0.1, -0.05) is 28.1 Å². The van der Waals surface area contributed by atoms with Crippen molar-refractivity contribution < 1.29 is 8.37 Å². The molecule has 0 spiro atoms. The Morgan fingerprint density at radius 2 is 1.69 bits per heavy atom. The Kier molecular flexibility index (Phi) is 4.55. The SMILES string of the molecule is SOC(=Cc1ccc(Br)cc1)OS. The summed E-state index contributed by atoms with van der Waals surface area (Å²) in [7, 11) is 0. The fourth-order valence-corrected chi connectivity index (χ4v) is 1.27. The summed E-state index contributed by atoms with van der Waals surface area (Å²) in [6.45, 7) is 0. The number of halogens is 1. The number of benzene rings is 1. The van der Waals surface area contributed by atoms with Crippen LogP contribution in [0.5, 0.6) is 0 Å². The summed E-state index contributed by atoms with van der Waals surface area (Å²) in [5.41, 5.74) is 0.946. The van der Waals surface area contributed by atoms with Crippen LogP contribution in [0.25, 0.3) is 6.08 Å². The molecule has 0 amide bonds. The van der Waals surface area contributed by atoms with Gasteiger partial charge in [0, 0.05) is 36.4 Å². The van der Waals surface area contributed by atoms with Gasteiger partial charge in [-0.05, 0) is 17.7 Å². The molecule has 5 heteroatoms. The molecule has 0 bridgehead atoms. The van der Waals surface area contributed by atoms with E-state index in [1.807, 2.05) is 24.3 Å². The molecular formula is C8H7BrO2S2. The molecule has 70 valence electrons. The molecular weight excluding hydrogens is 272 g/mol. The zero-order chi connectivity index (χ0) is 9.68. The largest absolute Gasteiger partial charge is 0.394 e. The lowest BCUT2D eigenvalue weighted by Crippen LogP contribution is -1.81. The average Bonchev–Trinajstić information content (AvgIpc) is 2.17. The van der Waals surface area contributed by atoms with Crippen molar-refractivity contribution in [3.05, 3.63) is 40.2 Å². The fraction of sp³-hybridized carbons (Fsp3) is 0. The fourth-order valence-electron chi connectivity index (χ4n) is 0.764. The van der Waals surface area contributed by atoms with E-state index in [-0.39, 0.29) is 5.95 Å². The highest BCUT2D eigenvalue weighted by Gasteiger charge is 1.96. The lowest BCUT2D eigenvalue weighted by molar-refractivity contribution is 0.299. The Labute approximate surface area is 96.3 Å². The first-order valence-corrected chi connectivity index (χ1v) is 4.88. The van der Waals surface area contributed by atoms with E-state index in [4.69, 9.17) is 0 Å². The molecule has 0 aliphatic heterocycles. The first kappa shape index (κ1) is 10.8. The zero-order valence-electron chi connectivity index (χ0n) is 6.48. The van der Waals surface area contributed by atoms with Crippen molar-refractivity contribution >= 4 is 47.8 Å². The van der Waals surface area contributed by atoms with E-state index in [2.05, 4.69) is 50.1 Å². The second kappa shape index (κ2) is 5.47. The third kappa shape index (κ3) is 3.54. The van der Waals surface area contributed by atoms with Gasteiger partial charge in [-0.3, -0.25) is 0 Å². The van der Waals surface area contributed by atoms with Gasteiger partial charge in [-0.25, -0.2) is 0 Å². The van der Waals surface area contributed by atoms with Gasteiger partial charge in [0.15, 0.2) is 0 Å². The molecule has 0 fully saturated rings. The summed E-state index contributed by atoms with van der Waals surface area (Å²) in [6.07, 6.45) is 1.67. The van der Waals surface area contributed by atoms with Crippen LogP contribution in [0.1, 0.15) is 5.56 Å². The molecule has 1 aromatic carbocycles. The minimum atomic E-state index is 0.231. The maximum absolute atomic E-state index is 4.58. The topological polar surface area (TPSA) is 18.5 Å². The number of thiol groups is 2. The van der Waals surface area contributed by atoms with E-state index in [1.54, 1.807) is 6.08 Å². The van der Waals surface area contributed by atoms with Gasteiger partial charge < -0.3 is 8.37 Å². The lowest BCUT2D eigenvalue weighted by Gasteiger charge is -2.00. The number of hydrogen-bond donors (Lipinski definition) is 2. The van der Waals surface area contributed by atoms with Gasteiger partial charge in [0.05, 0.1) is 0 Å². The van der Waals surface area contributed by atoms with Crippen LogP contribution in [0, 0.1) is 0 Å². The second-order valence-corrected chi connectivity index (χ2v) is 3.48. The highest BCUT2D eigenvalue weighted by atomic mass is 79.9. The van der Waals surface area contributed by atoms with E-state index in [0.717, 1.165) is 10.0 Å². The Hall–Kier alpha value is -0.260. The van der Waals surface area contributed by atoms with Crippen molar-refractivity contribution in [1.82, 2.24) is 0 Å². The van der Waals surface area contributed by atoms with Crippen molar-refractivity contribution in [1.29, 1.82) is 0 Å². The first-order chi connectivity index (χ1) is 6.26. The van der Waals surface area contributed by atoms with Crippen LogP contribution in [0.3, 0.4) is 0 Å². The molecule has 2 nitrogen and oxygen atoms in total. The average molecular weight is 279 g/mol. The lowest BCUT2D eigenvalue weighted by atomic mass is 10.2. The van der Waals surface area contributed by atoms with E-state index < -0.39 is 0 Å². The highest BCUT2D eigenvalue weighted by Crippen LogP contribution is 2.15. The summed E-state index contributed by atoms with van der Waals surface area (Å²) >= 11 is 10.5. The van der Waals surface area contributed by atoms with Crippen molar-refractivity contribution in [2.75, 3.05) is 0 Å². The molecule has 0 N–H and O–H groups in total. The molecule has 0 aliphatic carbocycles. The van der Waals surface area contributed by atoms with E-state index in [0.29, 0.717) is 0 Å². The molecule has 0 aromatic heterocycles. The normalized spacial score (nSPS) is 9.15. The number of hydrogen-bond acceptors (Lipinski definition) is 4. The quantitative estimate of drug-likeness (QED) is 0.501. The molecule has 1 aromatic rings. The molecule has 13 heavy (non-hydrogen) atoms. The van der Waals surface area contributed by atoms with Crippen molar-refractivity contribution in [3.63, 3.8) is 0 Å². The van der Waals surface area contributed by atoms with Gasteiger partial charge in [-0.15, -0.1) is 0 Å². The first-order valence-electron chi connectivity index (χ1n) is 3.36. The maximum atomic E-state index is 4.58. The Morgan fingerprint density at radius 1 is 1.15 bits per heavy atom. The zero-order valence-corrected chi connectivity index (χ0v) is 9.85. The summed E-state index contributed by atoms with van der Waals surface area (Å²) in [5.74, 6) is 0.231. The highest BCUT2D eigenvalue weighted by molar-refractivity contribution is 9.10. The molecule has 0 atom stereocenters. The van der Waals surface area contributed by atoms with Crippen LogP contribution in [0.4, 0.5) is 0 Å². The Bertz CT molecular complexity index is 292. The maximum Gasteiger partial charge on any atom is 0.304 e. The van der Waals surface area contributed by atoms with E-state index in [9.17, 15) is 0 Å². The van der Waals surface area contributed by atoms with Gasteiger partial charge >= 0.3 is 5.95 Å². The van der Waals surface area contributed by atoms with Crippen LogP contribution < -0.4 is 0 Å². The predicted molar refractivity (Wildman–Crippen MR) is 62.3 cm³/mol. The summed E-state index contributed by atoms with van der Waals surface area (Å²) < 4.78 is 10.2. The van der Waals surface area contributed by atoms with Crippen LogP contribution in [0.15, 0.2) is 34.7 Å². The van der Waals surface area contributed by atoms with Crippen molar-refractivity contribution in [2.45, 2.75) is 0 Å².